The SMILES string of the molecule is COc1cccc(-c2cc3c(=O)[nH]cc([N+](=O)[O-])c3s2)c1. The third-order valence-corrected chi connectivity index (χ3v) is 4.31. The maximum atomic E-state index is 11.8. The molecule has 106 valence electrons. The molecule has 2 heterocycles. The lowest BCUT2D eigenvalue weighted by Crippen LogP contribution is -2.05. The van der Waals surface area contributed by atoms with Gasteiger partial charge in [-0.3, -0.25) is 14.9 Å². The van der Waals surface area contributed by atoms with Gasteiger partial charge in [-0.1, -0.05) is 12.1 Å². The minimum atomic E-state index is -0.496. The Morgan fingerprint density at radius 3 is 2.86 bits per heavy atom. The molecule has 0 saturated carbocycles. The van der Waals surface area contributed by atoms with Gasteiger partial charge in [0.25, 0.3) is 5.56 Å². The van der Waals surface area contributed by atoms with Gasteiger partial charge in [0.15, 0.2) is 0 Å². The highest BCUT2D eigenvalue weighted by atomic mass is 32.1. The Hall–Kier alpha value is -2.67. The monoisotopic (exact) mass is 302 g/mol. The lowest BCUT2D eigenvalue weighted by molar-refractivity contribution is -0.383. The fourth-order valence-corrected chi connectivity index (χ4v) is 3.22. The number of pyridine rings is 1. The van der Waals surface area contributed by atoms with Crippen LogP contribution in [-0.4, -0.2) is 17.0 Å². The summed E-state index contributed by atoms with van der Waals surface area (Å²) in [5.41, 5.74) is 0.425. The Morgan fingerprint density at radius 2 is 2.14 bits per heavy atom. The molecule has 3 aromatic rings. The van der Waals surface area contributed by atoms with Gasteiger partial charge in [0, 0.05) is 4.88 Å². The summed E-state index contributed by atoms with van der Waals surface area (Å²) in [4.78, 5) is 25.5. The average molecular weight is 302 g/mol. The Morgan fingerprint density at radius 1 is 1.33 bits per heavy atom. The van der Waals surface area contributed by atoms with Crippen LogP contribution in [0.5, 0.6) is 5.75 Å². The van der Waals surface area contributed by atoms with Crippen molar-refractivity contribution >= 4 is 27.1 Å². The molecule has 1 N–H and O–H groups in total. The second-order valence-corrected chi connectivity index (χ2v) is 5.40. The van der Waals surface area contributed by atoms with Crippen LogP contribution in [0.2, 0.25) is 0 Å². The van der Waals surface area contributed by atoms with E-state index in [9.17, 15) is 14.9 Å². The largest absolute Gasteiger partial charge is 0.497 e. The lowest BCUT2D eigenvalue weighted by atomic mass is 10.1. The van der Waals surface area contributed by atoms with Gasteiger partial charge in [0.1, 0.15) is 10.4 Å². The van der Waals surface area contributed by atoms with E-state index in [1.54, 1.807) is 13.2 Å². The van der Waals surface area contributed by atoms with Crippen molar-refractivity contribution in [3.8, 4) is 16.2 Å². The highest BCUT2D eigenvalue weighted by Gasteiger charge is 2.18. The summed E-state index contributed by atoms with van der Waals surface area (Å²) in [6, 6.07) is 9.00. The average Bonchev–Trinajstić information content (AvgIpc) is 2.93. The standard InChI is InChI=1S/C14H10N2O4S/c1-20-9-4-2-3-8(5-9)12-6-10-13(21-12)11(16(18)19)7-15-14(10)17/h2-7H,1H3,(H,15,17). The van der Waals surface area contributed by atoms with E-state index in [4.69, 9.17) is 4.74 Å². The van der Waals surface area contributed by atoms with Crippen LogP contribution in [-0.2, 0) is 0 Å². The quantitative estimate of drug-likeness (QED) is 0.595. The van der Waals surface area contributed by atoms with Crippen LogP contribution in [0.3, 0.4) is 0 Å². The molecule has 0 spiro atoms. The fraction of sp³-hybridized carbons (Fsp3) is 0.0714. The predicted molar refractivity (Wildman–Crippen MR) is 81.1 cm³/mol. The fourth-order valence-electron chi connectivity index (χ4n) is 2.08. The number of ether oxygens (including phenoxy) is 1. The lowest BCUT2D eigenvalue weighted by Gasteiger charge is -2.01. The zero-order chi connectivity index (χ0) is 15.0. The zero-order valence-corrected chi connectivity index (χ0v) is 11.8. The van der Waals surface area contributed by atoms with Crippen molar-refractivity contribution in [3.05, 3.63) is 57.0 Å². The Kier molecular flexibility index (Phi) is 3.19. The minimum Gasteiger partial charge on any atom is -0.497 e. The molecule has 0 aliphatic rings. The van der Waals surface area contributed by atoms with Crippen LogP contribution in [0.1, 0.15) is 0 Å². The molecule has 0 unspecified atom stereocenters. The summed E-state index contributed by atoms with van der Waals surface area (Å²) < 4.78 is 5.54. The minimum absolute atomic E-state index is 0.0938. The van der Waals surface area contributed by atoms with E-state index in [1.807, 2.05) is 24.3 Å². The van der Waals surface area contributed by atoms with Gasteiger partial charge in [0.2, 0.25) is 0 Å². The van der Waals surface area contributed by atoms with Gasteiger partial charge in [-0.05, 0) is 23.8 Å². The number of rotatable bonds is 3. The zero-order valence-electron chi connectivity index (χ0n) is 11.0. The first-order chi connectivity index (χ1) is 10.1. The number of nitrogens with one attached hydrogen (secondary N) is 1. The second-order valence-electron chi connectivity index (χ2n) is 4.35. The first-order valence-corrected chi connectivity index (χ1v) is 6.86. The number of H-pyrrole nitrogens is 1. The summed E-state index contributed by atoms with van der Waals surface area (Å²) in [7, 11) is 1.57. The molecule has 3 rings (SSSR count). The molecule has 0 aliphatic heterocycles. The van der Waals surface area contributed by atoms with E-state index in [0.29, 0.717) is 15.8 Å². The van der Waals surface area contributed by atoms with Crippen molar-refractivity contribution in [2.24, 2.45) is 0 Å². The normalized spacial score (nSPS) is 10.7. The third-order valence-electron chi connectivity index (χ3n) is 3.10. The Labute approximate surface area is 122 Å². The van der Waals surface area contributed by atoms with Gasteiger partial charge in [0.05, 0.1) is 23.6 Å². The molecule has 0 saturated heterocycles. The van der Waals surface area contributed by atoms with Crippen LogP contribution in [0, 0.1) is 10.1 Å². The molecule has 2 aromatic heterocycles. The van der Waals surface area contributed by atoms with Crippen molar-refractivity contribution in [2.45, 2.75) is 0 Å². The number of methoxy groups -OCH3 is 1. The van der Waals surface area contributed by atoms with Crippen molar-refractivity contribution in [3.63, 3.8) is 0 Å². The van der Waals surface area contributed by atoms with Gasteiger partial charge >= 0.3 is 5.69 Å². The topological polar surface area (TPSA) is 85.2 Å². The number of aromatic amines is 1. The molecule has 21 heavy (non-hydrogen) atoms. The van der Waals surface area contributed by atoms with Crippen LogP contribution in [0.15, 0.2) is 41.3 Å². The summed E-state index contributed by atoms with van der Waals surface area (Å²) in [6.45, 7) is 0. The van der Waals surface area contributed by atoms with E-state index in [1.165, 1.54) is 11.3 Å². The maximum Gasteiger partial charge on any atom is 0.303 e. The molecule has 6 nitrogen and oxygen atoms in total. The summed E-state index contributed by atoms with van der Waals surface area (Å²) in [5, 5.41) is 11.4. The highest BCUT2D eigenvalue weighted by Crippen LogP contribution is 2.37. The third kappa shape index (κ3) is 2.27. The molecule has 0 atom stereocenters. The molecule has 7 heteroatoms. The van der Waals surface area contributed by atoms with E-state index < -0.39 is 4.92 Å². The van der Waals surface area contributed by atoms with E-state index in [-0.39, 0.29) is 11.2 Å². The van der Waals surface area contributed by atoms with Crippen LogP contribution < -0.4 is 10.3 Å². The van der Waals surface area contributed by atoms with Crippen LogP contribution >= 0.6 is 11.3 Å². The van der Waals surface area contributed by atoms with E-state index in [0.717, 1.165) is 16.6 Å². The smallest absolute Gasteiger partial charge is 0.303 e. The summed E-state index contributed by atoms with van der Waals surface area (Å²) in [6.07, 6.45) is 1.14. The number of nitro groups is 1. The van der Waals surface area contributed by atoms with Crippen LogP contribution in [0.4, 0.5) is 5.69 Å². The molecular formula is C14H10N2O4S. The Balaban J connectivity index is 2.25. The number of thiophene rings is 1. The van der Waals surface area contributed by atoms with E-state index in [2.05, 4.69) is 4.98 Å². The first kappa shape index (κ1) is 13.3. The highest BCUT2D eigenvalue weighted by molar-refractivity contribution is 7.22. The van der Waals surface area contributed by atoms with Gasteiger partial charge in [-0.25, -0.2) is 0 Å². The molecule has 0 fully saturated rings. The van der Waals surface area contributed by atoms with E-state index >= 15 is 0 Å². The molecule has 0 amide bonds. The first-order valence-electron chi connectivity index (χ1n) is 6.04. The summed E-state index contributed by atoms with van der Waals surface area (Å²) in [5.74, 6) is 0.688. The molecule has 1 aromatic carbocycles. The van der Waals surface area contributed by atoms with Crippen molar-refractivity contribution in [2.75, 3.05) is 7.11 Å². The number of fused-ring (bicyclic) bond motifs is 1. The Bertz CT molecular complexity index is 897. The van der Waals surface area contributed by atoms with Crippen molar-refractivity contribution < 1.29 is 9.66 Å². The molecule has 0 aliphatic carbocycles. The van der Waals surface area contributed by atoms with Gasteiger partial charge in [-0.2, -0.15) is 0 Å². The number of hydrogen-bond donors (Lipinski definition) is 1. The van der Waals surface area contributed by atoms with Gasteiger partial charge in [-0.15, -0.1) is 11.3 Å². The number of benzene rings is 1. The summed E-state index contributed by atoms with van der Waals surface area (Å²) >= 11 is 1.22. The van der Waals surface area contributed by atoms with Crippen molar-refractivity contribution in [1.82, 2.24) is 4.98 Å². The molecular weight excluding hydrogens is 292 g/mol. The number of hydrogen-bond acceptors (Lipinski definition) is 5. The number of aromatic nitrogens is 1. The molecule has 0 bridgehead atoms. The maximum absolute atomic E-state index is 11.8. The van der Waals surface area contributed by atoms with Gasteiger partial charge < -0.3 is 9.72 Å². The number of nitrogens with zero attached hydrogens (tertiary/aromatic N) is 1. The predicted octanol–water partition coefficient (Wildman–Crippen LogP) is 3.17. The van der Waals surface area contributed by atoms with Crippen molar-refractivity contribution in [1.29, 1.82) is 0 Å². The van der Waals surface area contributed by atoms with Crippen LogP contribution in [0.25, 0.3) is 20.5 Å². The molecule has 0 radical (unpaired) electrons. The second kappa shape index (κ2) is 5.02.